The molecule has 0 aliphatic rings. The van der Waals surface area contributed by atoms with Gasteiger partial charge in [-0.15, -0.1) is 0 Å². The van der Waals surface area contributed by atoms with Crippen LogP contribution in [0.25, 0.3) is 0 Å². The van der Waals surface area contributed by atoms with Crippen LogP contribution in [0.3, 0.4) is 0 Å². The molecular formula is C8H13Li. The fourth-order valence-corrected chi connectivity index (χ4v) is 0.477. The Balaban J connectivity index is 0. The van der Waals surface area contributed by atoms with Crippen molar-refractivity contribution in [1.29, 1.82) is 0 Å². The van der Waals surface area contributed by atoms with Crippen LogP contribution >= 0.6 is 0 Å². The Morgan fingerprint density at radius 3 is 2.33 bits per heavy atom. The molecule has 0 fully saturated rings. The number of allylic oxidation sites excluding steroid dienone is 3. The van der Waals surface area contributed by atoms with Crippen LogP contribution in [0.1, 0.15) is 26.2 Å². The summed E-state index contributed by atoms with van der Waals surface area (Å²) in [6.07, 6.45) is 9.22. The first-order chi connectivity index (χ1) is 3.91. The van der Waals surface area contributed by atoms with E-state index in [1.807, 2.05) is 0 Å². The van der Waals surface area contributed by atoms with Crippen LogP contribution in [0.5, 0.6) is 0 Å². The Hall–Kier alpha value is 0.0774. The maximum atomic E-state index is 5.15. The molecule has 0 amide bonds. The molecule has 0 aliphatic heterocycles. The topological polar surface area (TPSA) is 0 Å². The summed E-state index contributed by atoms with van der Waals surface area (Å²) in [7, 11) is 0. The first-order valence-corrected chi connectivity index (χ1v) is 3.10. The van der Waals surface area contributed by atoms with Crippen LogP contribution in [0.4, 0.5) is 0 Å². The Kier molecular flexibility index (Phi) is 14.4. The van der Waals surface area contributed by atoms with Gasteiger partial charge in [0, 0.05) is 0 Å². The Morgan fingerprint density at radius 2 is 1.89 bits per heavy atom. The van der Waals surface area contributed by atoms with Gasteiger partial charge in [-0.05, 0) is 12.8 Å². The Labute approximate surface area is 70.2 Å². The molecule has 0 saturated carbocycles. The number of hydrogen-bond donors (Lipinski definition) is 0. The molecule has 0 unspecified atom stereocenters. The summed E-state index contributed by atoms with van der Waals surface area (Å²) < 4.78 is 0. The number of hydrogen-bond acceptors (Lipinski definition) is 0. The quantitative estimate of drug-likeness (QED) is 0.205. The van der Waals surface area contributed by atoms with E-state index >= 15 is 0 Å². The molecule has 0 spiro atoms. The maximum absolute atomic E-state index is 5.15. The average Bonchev–Trinajstić information content (AvgIpc) is 1.81. The number of rotatable bonds is 4. The largest absolute Gasteiger partial charge is 1.00 e. The summed E-state index contributed by atoms with van der Waals surface area (Å²) in [5.41, 5.74) is 0. The van der Waals surface area contributed by atoms with Crippen molar-refractivity contribution < 1.29 is 18.9 Å². The molecule has 0 atom stereocenters. The molecule has 46 valence electrons. The van der Waals surface area contributed by atoms with E-state index < -0.39 is 0 Å². The minimum atomic E-state index is 0. The fourth-order valence-electron chi connectivity index (χ4n) is 0.477. The van der Waals surface area contributed by atoms with E-state index in [4.69, 9.17) is 6.58 Å². The van der Waals surface area contributed by atoms with E-state index in [2.05, 4.69) is 19.1 Å². The van der Waals surface area contributed by atoms with Crippen molar-refractivity contribution in [3.8, 4) is 0 Å². The molecule has 0 heterocycles. The van der Waals surface area contributed by atoms with Gasteiger partial charge in [0.25, 0.3) is 0 Å². The minimum Gasteiger partial charge on any atom is -0.518 e. The normalized spacial score (nSPS) is 9.00. The average molecular weight is 116 g/mol. The number of unbranched alkanes of at least 4 members (excludes halogenated alkanes) is 1. The van der Waals surface area contributed by atoms with Gasteiger partial charge in [-0.2, -0.15) is 0 Å². The van der Waals surface area contributed by atoms with Gasteiger partial charge in [0.2, 0.25) is 0 Å². The second-order valence-corrected chi connectivity index (χ2v) is 1.69. The predicted molar refractivity (Wildman–Crippen MR) is 37.5 cm³/mol. The zero-order chi connectivity index (χ0) is 6.24. The zero-order valence-corrected chi connectivity index (χ0v) is 6.43. The molecule has 0 aromatic rings. The molecule has 0 aromatic heterocycles. The van der Waals surface area contributed by atoms with Crippen molar-refractivity contribution in [2.24, 2.45) is 0 Å². The first-order valence-electron chi connectivity index (χ1n) is 3.10. The summed E-state index contributed by atoms with van der Waals surface area (Å²) in [6.45, 7) is 7.28. The standard InChI is InChI=1S/C8H13.Li/c1-3-5-7-8-6-4-2;/h1,3,6,8H,4-5,7H2,2H3;/q-1;+1/b8-6-;. The van der Waals surface area contributed by atoms with Crippen LogP contribution in [0.2, 0.25) is 0 Å². The minimum absolute atomic E-state index is 0. The third kappa shape index (κ3) is 11.6. The predicted octanol–water partition coefficient (Wildman–Crippen LogP) is -0.274. The zero-order valence-electron chi connectivity index (χ0n) is 6.43. The van der Waals surface area contributed by atoms with E-state index in [-0.39, 0.29) is 18.9 Å². The van der Waals surface area contributed by atoms with Gasteiger partial charge in [-0.25, -0.2) is 0 Å². The van der Waals surface area contributed by atoms with Gasteiger partial charge >= 0.3 is 18.9 Å². The second-order valence-electron chi connectivity index (χ2n) is 1.69. The summed E-state index contributed by atoms with van der Waals surface area (Å²) in [6, 6.07) is 0. The van der Waals surface area contributed by atoms with Crippen LogP contribution < -0.4 is 18.9 Å². The van der Waals surface area contributed by atoms with Crippen molar-refractivity contribution in [3.05, 3.63) is 24.8 Å². The van der Waals surface area contributed by atoms with Gasteiger partial charge < -0.3 is 6.58 Å². The molecular weight excluding hydrogens is 103 g/mol. The van der Waals surface area contributed by atoms with Crippen molar-refractivity contribution in [2.45, 2.75) is 26.2 Å². The summed E-state index contributed by atoms with van der Waals surface area (Å²) in [5, 5.41) is 0. The van der Waals surface area contributed by atoms with Crippen LogP contribution in [0.15, 0.2) is 18.2 Å². The van der Waals surface area contributed by atoms with Gasteiger partial charge in [-0.1, -0.05) is 25.5 Å². The van der Waals surface area contributed by atoms with Gasteiger partial charge in [0.15, 0.2) is 0 Å². The molecule has 0 aromatic carbocycles. The molecule has 0 saturated heterocycles. The van der Waals surface area contributed by atoms with E-state index in [1.165, 1.54) is 0 Å². The molecule has 0 bridgehead atoms. The Bertz CT molecular complexity index is 74.6. The fraction of sp³-hybridized carbons (Fsp3) is 0.500. The molecule has 9 heavy (non-hydrogen) atoms. The van der Waals surface area contributed by atoms with Gasteiger partial charge in [0.05, 0.1) is 0 Å². The third-order valence-corrected chi connectivity index (χ3v) is 0.902. The van der Waals surface area contributed by atoms with Crippen molar-refractivity contribution >= 4 is 0 Å². The molecule has 0 nitrogen and oxygen atoms in total. The smallest absolute Gasteiger partial charge is 0.518 e. The van der Waals surface area contributed by atoms with Gasteiger partial charge in [-0.3, -0.25) is 6.08 Å². The van der Waals surface area contributed by atoms with Crippen molar-refractivity contribution in [3.63, 3.8) is 0 Å². The summed E-state index contributed by atoms with van der Waals surface area (Å²) >= 11 is 0. The third-order valence-electron chi connectivity index (χ3n) is 0.902. The van der Waals surface area contributed by atoms with E-state index in [9.17, 15) is 0 Å². The van der Waals surface area contributed by atoms with Crippen molar-refractivity contribution in [1.82, 2.24) is 0 Å². The van der Waals surface area contributed by atoms with Gasteiger partial charge in [0.1, 0.15) is 0 Å². The van der Waals surface area contributed by atoms with Crippen LogP contribution in [-0.2, 0) is 0 Å². The maximum Gasteiger partial charge on any atom is 1.00 e. The molecule has 0 aliphatic carbocycles. The molecule has 0 rings (SSSR count). The van der Waals surface area contributed by atoms with E-state index in [0.29, 0.717) is 0 Å². The molecule has 1 heteroatoms. The molecule has 0 radical (unpaired) electrons. The van der Waals surface area contributed by atoms with Crippen molar-refractivity contribution in [2.75, 3.05) is 0 Å². The monoisotopic (exact) mass is 116 g/mol. The van der Waals surface area contributed by atoms with E-state index in [0.717, 1.165) is 19.3 Å². The van der Waals surface area contributed by atoms with Crippen LogP contribution in [0, 0.1) is 6.58 Å². The first kappa shape index (κ1) is 11.8. The Morgan fingerprint density at radius 1 is 1.22 bits per heavy atom. The molecule has 0 N–H and O–H groups in total. The summed E-state index contributed by atoms with van der Waals surface area (Å²) in [5.74, 6) is 0. The SMILES string of the molecule is [CH-]=CCC/C=C\CC.[Li+]. The second kappa shape index (κ2) is 11.0. The van der Waals surface area contributed by atoms with Crippen LogP contribution in [-0.4, -0.2) is 0 Å². The summed E-state index contributed by atoms with van der Waals surface area (Å²) in [4.78, 5) is 0. The van der Waals surface area contributed by atoms with E-state index in [1.54, 1.807) is 6.08 Å².